The summed E-state index contributed by atoms with van der Waals surface area (Å²) >= 11 is 0. The largest absolute Gasteiger partial charge is 0.356 e. The van der Waals surface area contributed by atoms with Crippen molar-refractivity contribution < 1.29 is 14.7 Å². The van der Waals surface area contributed by atoms with E-state index in [1.165, 1.54) is 56.9 Å². The predicted octanol–water partition coefficient (Wildman–Crippen LogP) is 8.95. The number of nitrogens with zero attached hydrogens (tertiary/aromatic N) is 2. The van der Waals surface area contributed by atoms with E-state index in [1.54, 1.807) is 0 Å². The molecule has 1 aliphatic rings. The molecule has 0 aromatic heterocycles. The lowest BCUT2D eigenvalue weighted by atomic mass is 9.92. The van der Waals surface area contributed by atoms with Crippen molar-refractivity contribution in [1.82, 2.24) is 10.2 Å². The second-order valence-electron chi connectivity index (χ2n) is 12.1. The van der Waals surface area contributed by atoms with Crippen LogP contribution in [0, 0.1) is 22.0 Å². The van der Waals surface area contributed by atoms with Crippen LogP contribution in [0.4, 0.5) is 0 Å². The molecule has 1 aromatic carbocycles. The van der Waals surface area contributed by atoms with Gasteiger partial charge in [0.1, 0.15) is 0 Å². The Balaban J connectivity index is 0.000000469. The molecule has 1 unspecified atom stereocenters. The van der Waals surface area contributed by atoms with Crippen LogP contribution in [-0.2, 0) is 16.1 Å². The quantitative estimate of drug-likeness (QED) is 0.0586. The average Bonchev–Trinajstić information content (AvgIpc) is 3.02. The lowest BCUT2D eigenvalue weighted by Crippen LogP contribution is -2.36. The number of carbonyl (C=O) groups excluding carboxylic acids is 1. The van der Waals surface area contributed by atoms with Gasteiger partial charge in [0.05, 0.1) is 6.61 Å². The van der Waals surface area contributed by atoms with E-state index in [0.29, 0.717) is 12.3 Å². The SMILES string of the molecule is CC/C=C\CCCC(=O)NCCCN1CCC(CCCO[N+](=O)[O-])CC1.CCCC(CC)CCCCCc1ccccc1. The molecule has 7 heteroatoms. The van der Waals surface area contributed by atoms with E-state index >= 15 is 0 Å². The van der Waals surface area contributed by atoms with Crippen LogP contribution in [0.5, 0.6) is 0 Å². The smallest absolute Gasteiger partial charge is 0.294 e. The zero-order valence-corrected chi connectivity index (χ0v) is 27.8. The normalized spacial score (nSPS) is 14.7. The van der Waals surface area contributed by atoms with Gasteiger partial charge < -0.3 is 15.1 Å². The van der Waals surface area contributed by atoms with Gasteiger partial charge in [-0.1, -0.05) is 102 Å². The zero-order valence-electron chi connectivity index (χ0n) is 27.8. The highest BCUT2D eigenvalue weighted by molar-refractivity contribution is 5.75. The number of amides is 1. The minimum Gasteiger partial charge on any atom is -0.356 e. The first kappa shape index (κ1) is 38.6. The Hall–Kier alpha value is -2.41. The van der Waals surface area contributed by atoms with Crippen molar-refractivity contribution in [3.8, 4) is 0 Å². The van der Waals surface area contributed by atoms with Crippen molar-refractivity contribution in [3.05, 3.63) is 58.2 Å². The Morgan fingerprint density at radius 3 is 2.47 bits per heavy atom. The topological polar surface area (TPSA) is 84.7 Å². The van der Waals surface area contributed by atoms with Crippen molar-refractivity contribution in [3.63, 3.8) is 0 Å². The summed E-state index contributed by atoms with van der Waals surface area (Å²) in [4.78, 5) is 28.6. The fourth-order valence-corrected chi connectivity index (χ4v) is 5.84. The molecule has 2 rings (SSSR count). The first-order valence-corrected chi connectivity index (χ1v) is 17.4. The molecule has 7 nitrogen and oxygen atoms in total. The molecule has 0 bridgehead atoms. The van der Waals surface area contributed by atoms with Gasteiger partial charge in [-0.3, -0.25) is 4.79 Å². The van der Waals surface area contributed by atoms with Gasteiger partial charge in [-0.25, -0.2) is 0 Å². The van der Waals surface area contributed by atoms with Gasteiger partial charge >= 0.3 is 0 Å². The van der Waals surface area contributed by atoms with Crippen LogP contribution in [0.1, 0.15) is 129 Å². The Morgan fingerprint density at radius 2 is 1.79 bits per heavy atom. The van der Waals surface area contributed by atoms with Crippen LogP contribution in [0.25, 0.3) is 0 Å². The second kappa shape index (κ2) is 27.2. The number of likely N-dealkylation sites (tertiary alicyclic amines) is 1. The van der Waals surface area contributed by atoms with Gasteiger partial charge in [-0.2, -0.15) is 0 Å². The molecule has 0 spiro atoms. The highest BCUT2D eigenvalue weighted by atomic mass is 16.9. The second-order valence-corrected chi connectivity index (χ2v) is 12.1. The lowest BCUT2D eigenvalue weighted by Gasteiger charge is -2.32. The zero-order chi connectivity index (χ0) is 31.4. The van der Waals surface area contributed by atoms with Crippen molar-refractivity contribution in [2.45, 2.75) is 130 Å². The monoisotopic (exact) mass is 601 g/mol. The van der Waals surface area contributed by atoms with Crippen LogP contribution < -0.4 is 5.32 Å². The third-order valence-corrected chi connectivity index (χ3v) is 8.51. The molecular formula is C36H63N3O4. The summed E-state index contributed by atoms with van der Waals surface area (Å²) in [6.45, 7) is 10.9. The minimum absolute atomic E-state index is 0.158. The Bertz CT molecular complexity index is 825. The third kappa shape index (κ3) is 22.7. The maximum absolute atomic E-state index is 11.7. The van der Waals surface area contributed by atoms with Crippen molar-refractivity contribution >= 4 is 5.91 Å². The van der Waals surface area contributed by atoms with Gasteiger partial charge in [-0.05, 0) is 101 Å². The minimum atomic E-state index is -0.717. The molecule has 1 aromatic rings. The van der Waals surface area contributed by atoms with Crippen LogP contribution in [0.3, 0.4) is 0 Å². The van der Waals surface area contributed by atoms with Gasteiger partial charge in [0.15, 0.2) is 0 Å². The van der Waals surface area contributed by atoms with Crippen LogP contribution in [0.15, 0.2) is 42.5 Å². The first-order valence-electron chi connectivity index (χ1n) is 17.4. The van der Waals surface area contributed by atoms with E-state index in [2.05, 4.69) is 78.3 Å². The number of nitrogens with one attached hydrogen (secondary N) is 1. The van der Waals surface area contributed by atoms with E-state index in [9.17, 15) is 14.9 Å². The molecule has 246 valence electrons. The third-order valence-electron chi connectivity index (χ3n) is 8.51. The van der Waals surface area contributed by atoms with E-state index in [1.807, 2.05) is 0 Å². The number of benzene rings is 1. The molecule has 1 fully saturated rings. The summed E-state index contributed by atoms with van der Waals surface area (Å²) in [6, 6.07) is 10.9. The van der Waals surface area contributed by atoms with Gasteiger partial charge in [0.2, 0.25) is 5.91 Å². The molecule has 1 heterocycles. The summed E-state index contributed by atoms with van der Waals surface area (Å²) in [5.74, 6) is 1.80. The van der Waals surface area contributed by atoms with E-state index < -0.39 is 5.09 Å². The molecule has 43 heavy (non-hydrogen) atoms. The van der Waals surface area contributed by atoms with Gasteiger partial charge in [0.25, 0.3) is 5.09 Å². The highest BCUT2D eigenvalue weighted by Crippen LogP contribution is 2.22. The molecule has 1 amide bonds. The maximum Gasteiger partial charge on any atom is 0.294 e. The summed E-state index contributed by atoms with van der Waals surface area (Å²) < 4.78 is 0. The number of allylic oxidation sites excluding steroid dienone is 2. The number of hydrogen-bond donors (Lipinski definition) is 1. The molecule has 0 saturated carbocycles. The number of unbranched alkanes of at least 4 members (excludes halogenated alkanes) is 3. The summed E-state index contributed by atoms with van der Waals surface area (Å²) in [7, 11) is 0. The number of rotatable bonds is 23. The fraction of sp³-hybridized carbons (Fsp3) is 0.750. The molecule has 0 aliphatic carbocycles. The van der Waals surface area contributed by atoms with E-state index in [0.717, 1.165) is 83.5 Å². The molecule has 1 saturated heterocycles. The van der Waals surface area contributed by atoms with Crippen molar-refractivity contribution in [1.29, 1.82) is 0 Å². The van der Waals surface area contributed by atoms with Crippen LogP contribution >= 0.6 is 0 Å². The summed E-state index contributed by atoms with van der Waals surface area (Å²) in [5, 5.41) is 12.4. The average molecular weight is 602 g/mol. The highest BCUT2D eigenvalue weighted by Gasteiger charge is 2.18. The summed E-state index contributed by atoms with van der Waals surface area (Å²) in [6.07, 6.45) is 23.9. The number of carbonyl (C=O) groups is 1. The molecule has 1 atom stereocenters. The summed E-state index contributed by atoms with van der Waals surface area (Å²) in [5.41, 5.74) is 1.49. The predicted molar refractivity (Wildman–Crippen MR) is 180 cm³/mol. The first-order chi connectivity index (χ1) is 21.0. The molecule has 1 N–H and O–H groups in total. The number of aryl methyl sites for hydroxylation is 1. The number of piperidine rings is 1. The molecule has 1 aliphatic heterocycles. The number of hydrogen-bond acceptors (Lipinski definition) is 5. The Kier molecular flexibility index (Phi) is 24.4. The van der Waals surface area contributed by atoms with E-state index in [-0.39, 0.29) is 12.5 Å². The van der Waals surface area contributed by atoms with Gasteiger partial charge in [-0.15, -0.1) is 10.1 Å². The molecular weight excluding hydrogens is 538 g/mol. The van der Waals surface area contributed by atoms with Crippen LogP contribution in [-0.4, -0.2) is 48.7 Å². The van der Waals surface area contributed by atoms with Crippen molar-refractivity contribution in [2.24, 2.45) is 11.8 Å². The van der Waals surface area contributed by atoms with Crippen molar-refractivity contribution in [2.75, 3.05) is 32.8 Å². The lowest BCUT2D eigenvalue weighted by molar-refractivity contribution is -0.757. The standard InChI is InChI=1S/C19H35N3O4.C17H28/c1-2-3-4-5-6-10-19(23)20-13-8-14-21-15-11-18(12-16-21)9-7-17-26-22(24)25;1-3-11-16(4-2)12-7-5-8-13-17-14-9-6-10-15-17/h3-4,18H,2,5-17H2,1H3,(H,20,23);6,9-10,14-16H,3-5,7-8,11-13H2,1-2H3/b4-3-;. The Labute approximate surface area is 263 Å². The van der Waals surface area contributed by atoms with E-state index in [4.69, 9.17) is 0 Å². The van der Waals surface area contributed by atoms with Crippen LogP contribution in [0.2, 0.25) is 0 Å². The maximum atomic E-state index is 11.7. The fourth-order valence-electron chi connectivity index (χ4n) is 5.84. The molecule has 0 radical (unpaired) electrons. The van der Waals surface area contributed by atoms with Gasteiger partial charge in [0, 0.05) is 13.0 Å². The Morgan fingerprint density at radius 1 is 1.02 bits per heavy atom.